The van der Waals surface area contributed by atoms with Crippen LogP contribution in [0.25, 0.3) is 0 Å². The Morgan fingerprint density at radius 3 is 3.07 bits per heavy atom. The summed E-state index contributed by atoms with van der Waals surface area (Å²) in [6.07, 6.45) is 4.08. The van der Waals surface area contributed by atoms with Gasteiger partial charge in [0.1, 0.15) is 5.60 Å². The van der Waals surface area contributed by atoms with Gasteiger partial charge >= 0.3 is 0 Å². The van der Waals surface area contributed by atoms with Crippen molar-refractivity contribution in [3.63, 3.8) is 0 Å². The first-order chi connectivity index (χ1) is 6.64. The van der Waals surface area contributed by atoms with Gasteiger partial charge in [-0.1, -0.05) is 6.92 Å². The summed E-state index contributed by atoms with van der Waals surface area (Å²) in [5.74, 6) is 0.978. The van der Waals surface area contributed by atoms with Crippen LogP contribution >= 0.6 is 11.8 Å². The van der Waals surface area contributed by atoms with E-state index in [4.69, 9.17) is 5.73 Å². The third kappa shape index (κ3) is 1.38. The number of thioether (sulfide) groups is 1. The topological polar surface area (TPSA) is 59.1 Å². The molecule has 2 heterocycles. The fraction of sp³-hybridized carbons (Fsp3) is 0.500. The first-order valence-electron chi connectivity index (χ1n) is 4.68. The Hall–Kier alpha value is -0.740. The molecule has 3 nitrogen and oxygen atoms in total. The van der Waals surface area contributed by atoms with Crippen LogP contribution in [0.15, 0.2) is 18.5 Å². The number of nitrogens with zero attached hydrogens (tertiary/aromatic N) is 1. The average molecular weight is 210 g/mol. The Balaban J connectivity index is 2.43. The molecule has 2 rings (SSSR count). The fourth-order valence-corrected chi connectivity index (χ4v) is 3.16. The molecule has 0 amide bonds. The maximum Gasteiger partial charge on any atom is 0.105 e. The second-order valence-electron chi connectivity index (χ2n) is 3.65. The molecule has 76 valence electrons. The summed E-state index contributed by atoms with van der Waals surface area (Å²) in [7, 11) is 0. The normalized spacial score (nSPS) is 32.0. The molecule has 2 unspecified atom stereocenters. The molecule has 0 radical (unpaired) electrons. The van der Waals surface area contributed by atoms with Gasteiger partial charge in [-0.25, -0.2) is 0 Å². The lowest BCUT2D eigenvalue weighted by Gasteiger charge is -2.27. The van der Waals surface area contributed by atoms with Crippen LogP contribution < -0.4 is 5.73 Å². The summed E-state index contributed by atoms with van der Waals surface area (Å²) in [4.78, 5) is 4.02. The van der Waals surface area contributed by atoms with Crippen LogP contribution in [0.3, 0.4) is 0 Å². The monoisotopic (exact) mass is 210 g/mol. The minimum Gasteiger partial charge on any atom is -0.398 e. The van der Waals surface area contributed by atoms with Gasteiger partial charge in [0.2, 0.25) is 0 Å². The van der Waals surface area contributed by atoms with Gasteiger partial charge in [-0.05, 0) is 18.2 Å². The van der Waals surface area contributed by atoms with Crippen molar-refractivity contribution in [1.29, 1.82) is 0 Å². The molecule has 0 aromatic carbocycles. The van der Waals surface area contributed by atoms with E-state index in [1.54, 1.807) is 30.2 Å². The summed E-state index contributed by atoms with van der Waals surface area (Å²) in [5.41, 5.74) is 6.46. The SMILES string of the molecule is CC1SCCC1(O)c1cnccc1N. The molecule has 3 N–H and O–H groups in total. The molecule has 1 fully saturated rings. The van der Waals surface area contributed by atoms with Crippen LogP contribution in [0.2, 0.25) is 0 Å². The van der Waals surface area contributed by atoms with E-state index in [1.165, 1.54) is 0 Å². The highest BCUT2D eigenvalue weighted by Crippen LogP contribution is 2.44. The summed E-state index contributed by atoms with van der Waals surface area (Å²) >= 11 is 1.77. The van der Waals surface area contributed by atoms with Crippen LogP contribution in [0, 0.1) is 0 Å². The number of aliphatic hydroxyl groups is 1. The zero-order valence-corrected chi connectivity index (χ0v) is 8.92. The van der Waals surface area contributed by atoms with E-state index in [2.05, 4.69) is 4.98 Å². The molecule has 1 aromatic heterocycles. The van der Waals surface area contributed by atoms with Crippen molar-refractivity contribution in [1.82, 2.24) is 4.98 Å². The summed E-state index contributed by atoms with van der Waals surface area (Å²) in [5, 5.41) is 10.7. The van der Waals surface area contributed by atoms with Gasteiger partial charge in [-0.3, -0.25) is 4.98 Å². The smallest absolute Gasteiger partial charge is 0.105 e. The zero-order chi connectivity index (χ0) is 10.2. The summed E-state index contributed by atoms with van der Waals surface area (Å²) in [6.45, 7) is 2.03. The van der Waals surface area contributed by atoms with E-state index in [0.29, 0.717) is 5.69 Å². The molecule has 1 aromatic rings. The van der Waals surface area contributed by atoms with Gasteiger partial charge in [0.05, 0.1) is 0 Å². The highest BCUT2D eigenvalue weighted by atomic mass is 32.2. The van der Waals surface area contributed by atoms with Crippen molar-refractivity contribution in [2.75, 3.05) is 11.5 Å². The third-order valence-corrected chi connectivity index (χ3v) is 4.17. The molecule has 1 aliphatic rings. The van der Waals surface area contributed by atoms with Gasteiger partial charge < -0.3 is 10.8 Å². The quantitative estimate of drug-likeness (QED) is 0.735. The number of nitrogen functional groups attached to an aromatic ring is 1. The maximum absolute atomic E-state index is 10.5. The van der Waals surface area contributed by atoms with E-state index < -0.39 is 5.60 Å². The van der Waals surface area contributed by atoms with Gasteiger partial charge in [-0.2, -0.15) is 11.8 Å². The van der Waals surface area contributed by atoms with E-state index >= 15 is 0 Å². The Morgan fingerprint density at radius 2 is 2.50 bits per heavy atom. The van der Waals surface area contributed by atoms with E-state index in [1.807, 2.05) is 6.92 Å². The summed E-state index contributed by atoms with van der Waals surface area (Å²) < 4.78 is 0. The fourth-order valence-electron chi connectivity index (χ4n) is 1.85. The van der Waals surface area contributed by atoms with Crippen molar-refractivity contribution >= 4 is 17.4 Å². The molecule has 14 heavy (non-hydrogen) atoms. The maximum atomic E-state index is 10.5. The second-order valence-corrected chi connectivity index (χ2v) is 5.10. The number of aromatic nitrogens is 1. The van der Waals surface area contributed by atoms with Gasteiger partial charge in [0.25, 0.3) is 0 Å². The van der Waals surface area contributed by atoms with Crippen molar-refractivity contribution in [2.45, 2.75) is 24.2 Å². The molecule has 0 bridgehead atoms. The predicted molar refractivity (Wildman–Crippen MR) is 59.1 cm³/mol. The minimum atomic E-state index is -0.789. The van der Waals surface area contributed by atoms with E-state index in [9.17, 15) is 5.11 Å². The van der Waals surface area contributed by atoms with Crippen LogP contribution in [0.5, 0.6) is 0 Å². The Morgan fingerprint density at radius 1 is 1.71 bits per heavy atom. The third-order valence-electron chi connectivity index (χ3n) is 2.84. The lowest BCUT2D eigenvalue weighted by molar-refractivity contribution is 0.0431. The number of hydrogen-bond donors (Lipinski definition) is 2. The van der Waals surface area contributed by atoms with Crippen molar-refractivity contribution < 1.29 is 5.11 Å². The number of nitrogens with two attached hydrogens (primary N) is 1. The van der Waals surface area contributed by atoms with Crippen LogP contribution in [0.4, 0.5) is 5.69 Å². The predicted octanol–water partition coefficient (Wildman–Crippen LogP) is 1.38. The van der Waals surface area contributed by atoms with Gasteiger partial charge in [-0.15, -0.1) is 0 Å². The highest BCUT2D eigenvalue weighted by Gasteiger charge is 2.41. The molecule has 0 aliphatic carbocycles. The zero-order valence-electron chi connectivity index (χ0n) is 8.10. The van der Waals surface area contributed by atoms with Gasteiger partial charge in [0, 0.05) is 28.9 Å². The van der Waals surface area contributed by atoms with Gasteiger partial charge in [0.15, 0.2) is 0 Å². The highest BCUT2D eigenvalue weighted by molar-refractivity contribution is 8.00. The minimum absolute atomic E-state index is 0.189. The number of hydrogen-bond acceptors (Lipinski definition) is 4. The molecule has 0 saturated carbocycles. The Labute approximate surface area is 87.7 Å². The van der Waals surface area contributed by atoms with Crippen LogP contribution in [-0.4, -0.2) is 21.1 Å². The number of pyridine rings is 1. The van der Waals surface area contributed by atoms with Crippen LogP contribution in [0.1, 0.15) is 18.9 Å². The molecule has 2 atom stereocenters. The average Bonchev–Trinajstić information content (AvgIpc) is 2.49. The second kappa shape index (κ2) is 3.44. The standard InChI is InChI=1S/C10H14N2OS/c1-7-10(13,3-5-14-7)8-6-12-4-2-9(8)11/h2,4,6-7,13H,3,5H2,1H3,(H2,11,12). The Kier molecular flexibility index (Phi) is 2.41. The number of rotatable bonds is 1. The van der Waals surface area contributed by atoms with Crippen molar-refractivity contribution in [3.05, 3.63) is 24.0 Å². The number of anilines is 1. The van der Waals surface area contributed by atoms with Crippen molar-refractivity contribution in [3.8, 4) is 0 Å². The van der Waals surface area contributed by atoms with Crippen molar-refractivity contribution in [2.24, 2.45) is 0 Å². The molecule has 1 saturated heterocycles. The van der Waals surface area contributed by atoms with E-state index in [-0.39, 0.29) is 5.25 Å². The van der Waals surface area contributed by atoms with E-state index in [0.717, 1.165) is 17.7 Å². The molecular weight excluding hydrogens is 196 g/mol. The molecule has 4 heteroatoms. The molecule has 1 aliphatic heterocycles. The Bertz CT molecular complexity index is 345. The molecular formula is C10H14N2OS. The lowest BCUT2D eigenvalue weighted by Crippen LogP contribution is -2.32. The summed E-state index contributed by atoms with van der Waals surface area (Å²) in [6, 6.07) is 1.74. The van der Waals surface area contributed by atoms with Crippen LogP contribution in [-0.2, 0) is 5.60 Å². The first-order valence-corrected chi connectivity index (χ1v) is 5.73. The first kappa shape index (κ1) is 9.80. The largest absolute Gasteiger partial charge is 0.398 e. The lowest BCUT2D eigenvalue weighted by atomic mass is 9.89. The molecule has 0 spiro atoms.